The molecule has 0 unspecified atom stereocenters. The summed E-state index contributed by atoms with van der Waals surface area (Å²) in [5.41, 5.74) is 1.40. The summed E-state index contributed by atoms with van der Waals surface area (Å²) in [6.45, 7) is 6.63. The molecule has 3 heterocycles. The van der Waals surface area contributed by atoms with Gasteiger partial charge in [-0.2, -0.15) is 4.31 Å². The summed E-state index contributed by atoms with van der Waals surface area (Å²) in [7, 11) is -2.16. The van der Waals surface area contributed by atoms with E-state index in [1.165, 1.54) is 47.0 Å². The molecule has 0 atom stereocenters. The maximum atomic E-state index is 13.1. The smallest absolute Gasteiger partial charge is 0.321 e. The summed E-state index contributed by atoms with van der Waals surface area (Å²) in [6.07, 6.45) is 2.31. The van der Waals surface area contributed by atoms with Crippen LogP contribution in [0.5, 0.6) is 0 Å². The molecule has 1 aromatic carbocycles. The lowest BCUT2D eigenvalue weighted by Gasteiger charge is -2.30. The van der Waals surface area contributed by atoms with Crippen molar-refractivity contribution in [1.29, 1.82) is 0 Å². The second-order valence-corrected chi connectivity index (χ2v) is 12.2. The van der Waals surface area contributed by atoms with Crippen molar-refractivity contribution in [3.63, 3.8) is 0 Å². The van der Waals surface area contributed by atoms with E-state index in [2.05, 4.69) is 34.7 Å². The van der Waals surface area contributed by atoms with Gasteiger partial charge in [-0.05, 0) is 62.9 Å². The van der Waals surface area contributed by atoms with Gasteiger partial charge in [0.1, 0.15) is 5.00 Å². The molecule has 2 aromatic rings. The fraction of sp³-hybridized carbons (Fsp3) is 0.458. The molecule has 1 aromatic heterocycles. The number of urea groups is 1. The Balaban J connectivity index is 1.59. The topological polar surface area (TPSA) is 128 Å². The molecule has 36 heavy (non-hydrogen) atoms. The van der Waals surface area contributed by atoms with Gasteiger partial charge in [-0.3, -0.25) is 19.8 Å². The van der Waals surface area contributed by atoms with E-state index in [1.807, 2.05) is 0 Å². The lowest BCUT2D eigenvalue weighted by molar-refractivity contribution is 0.0963. The first-order chi connectivity index (χ1) is 17.1. The van der Waals surface area contributed by atoms with Gasteiger partial charge in [0.25, 0.3) is 11.8 Å². The number of carbonyl (C=O) groups excluding carboxylic acids is 3. The molecule has 2 aliphatic heterocycles. The number of benzene rings is 1. The van der Waals surface area contributed by atoms with Gasteiger partial charge in [0.05, 0.1) is 10.5 Å². The number of hydrogen-bond acceptors (Lipinski definition) is 7. The van der Waals surface area contributed by atoms with Crippen LogP contribution in [0.3, 0.4) is 0 Å². The van der Waals surface area contributed by atoms with Gasteiger partial charge in [-0.25, -0.2) is 13.2 Å². The third-order valence-electron chi connectivity index (χ3n) is 6.54. The SMILES string of the molecule is CNC(=O)NC(=O)c1c(NC(=O)c2ccc(S(=O)(=O)N3CCCC3)cc2)sc2c1CCN(C(C)C)C2. The highest BCUT2D eigenvalue weighted by atomic mass is 32.2. The summed E-state index contributed by atoms with van der Waals surface area (Å²) in [5.74, 6) is -1.04. The van der Waals surface area contributed by atoms with Crippen LogP contribution in [0.4, 0.5) is 9.80 Å². The first-order valence-electron chi connectivity index (χ1n) is 11.9. The molecule has 1 saturated heterocycles. The Morgan fingerprint density at radius 3 is 2.28 bits per heavy atom. The number of anilines is 1. The minimum atomic E-state index is -3.58. The predicted octanol–water partition coefficient (Wildman–Crippen LogP) is 2.62. The first-order valence-corrected chi connectivity index (χ1v) is 14.2. The van der Waals surface area contributed by atoms with Gasteiger partial charge in [-0.1, -0.05) is 0 Å². The second kappa shape index (κ2) is 10.7. The first kappa shape index (κ1) is 26.3. The van der Waals surface area contributed by atoms with Gasteiger partial charge in [0, 0.05) is 49.7 Å². The van der Waals surface area contributed by atoms with Crippen LogP contribution in [-0.2, 0) is 23.0 Å². The van der Waals surface area contributed by atoms with Crippen LogP contribution in [0.1, 0.15) is 57.8 Å². The van der Waals surface area contributed by atoms with Crippen LogP contribution in [0.25, 0.3) is 0 Å². The van der Waals surface area contributed by atoms with Crippen LogP contribution in [0.15, 0.2) is 29.2 Å². The van der Waals surface area contributed by atoms with E-state index in [0.717, 1.165) is 29.8 Å². The minimum absolute atomic E-state index is 0.145. The second-order valence-electron chi connectivity index (χ2n) is 9.15. The van der Waals surface area contributed by atoms with E-state index < -0.39 is 27.9 Å². The van der Waals surface area contributed by atoms with E-state index in [0.29, 0.717) is 42.7 Å². The number of sulfonamides is 1. The van der Waals surface area contributed by atoms with Crippen molar-refractivity contribution in [2.45, 2.75) is 50.6 Å². The zero-order valence-electron chi connectivity index (χ0n) is 20.6. The number of rotatable bonds is 6. The lowest BCUT2D eigenvalue weighted by Crippen LogP contribution is -2.39. The molecule has 0 spiro atoms. The Kier molecular flexibility index (Phi) is 7.79. The van der Waals surface area contributed by atoms with Crippen molar-refractivity contribution in [3.05, 3.63) is 45.8 Å². The maximum absolute atomic E-state index is 13.1. The lowest BCUT2D eigenvalue weighted by atomic mass is 10.0. The van der Waals surface area contributed by atoms with Crippen molar-refractivity contribution in [1.82, 2.24) is 19.8 Å². The molecule has 10 nitrogen and oxygen atoms in total. The average molecular weight is 534 g/mol. The van der Waals surface area contributed by atoms with Crippen molar-refractivity contribution in [2.24, 2.45) is 0 Å². The Labute approximate surface area is 215 Å². The molecule has 0 bridgehead atoms. The van der Waals surface area contributed by atoms with Gasteiger partial charge >= 0.3 is 6.03 Å². The van der Waals surface area contributed by atoms with E-state index >= 15 is 0 Å². The molecular formula is C24H31N5O5S2. The van der Waals surface area contributed by atoms with Crippen molar-refractivity contribution >= 4 is 44.2 Å². The summed E-state index contributed by atoms with van der Waals surface area (Å²) in [6, 6.07) is 5.50. The highest BCUT2D eigenvalue weighted by Crippen LogP contribution is 2.38. The van der Waals surface area contributed by atoms with Crippen LogP contribution < -0.4 is 16.0 Å². The van der Waals surface area contributed by atoms with Crippen LogP contribution in [0, 0.1) is 0 Å². The summed E-state index contributed by atoms with van der Waals surface area (Å²) < 4.78 is 27.0. The Hall–Kier alpha value is -2.80. The molecule has 3 N–H and O–H groups in total. The predicted molar refractivity (Wildman–Crippen MR) is 138 cm³/mol. The Morgan fingerprint density at radius 2 is 1.67 bits per heavy atom. The zero-order valence-corrected chi connectivity index (χ0v) is 22.2. The minimum Gasteiger partial charge on any atom is -0.341 e. The van der Waals surface area contributed by atoms with E-state index in [9.17, 15) is 22.8 Å². The number of hydrogen-bond donors (Lipinski definition) is 3. The molecule has 4 amide bonds. The summed E-state index contributed by atoms with van der Waals surface area (Å²) >= 11 is 1.32. The number of carbonyl (C=O) groups is 3. The fourth-order valence-electron chi connectivity index (χ4n) is 4.45. The normalized spacial score (nSPS) is 16.6. The molecule has 4 rings (SSSR count). The van der Waals surface area contributed by atoms with Gasteiger partial charge in [-0.15, -0.1) is 11.3 Å². The molecule has 1 fully saturated rings. The molecule has 0 radical (unpaired) electrons. The molecule has 12 heteroatoms. The fourth-order valence-corrected chi connectivity index (χ4v) is 7.23. The monoisotopic (exact) mass is 533 g/mol. The van der Waals surface area contributed by atoms with Crippen LogP contribution in [0.2, 0.25) is 0 Å². The quantitative estimate of drug-likeness (QED) is 0.524. The van der Waals surface area contributed by atoms with Crippen molar-refractivity contribution in [3.8, 4) is 0 Å². The van der Waals surface area contributed by atoms with Gasteiger partial charge in [0.15, 0.2) is 0 Å². The highest BCUT2D eigenvalue weighted by molar-refractivity contribution is 7.89. The van der Waals surface area contributed by atoms with E-state index in [4.69, 9.17) is 0 Å². The largest absolute Gasteiger partial charge is 0.341 e. The summed E-state index contributed by atoms with van der Waals surface area (Å²) in [5, 5.41) is 7.86. The number of fused-ring (bicyclic) bond motifs is 1. The van der Waals surface area contributed by atoms with E-state index in [-0.39, 0.29) is 10.5 Å². The number of nitrogens with zero attached hydrogens (tertiary/aromatic N) is 2. The average Bonchev–Trinajstić information content (AvgIpc) is 3.52. The van der Waals surface area contributed by atoms with Crippen molar-refractivity contribution in [2.75, 3.05) is 32.0 Å². The Bertz CT molecular complexity index is 1260. The summed E-state index contributed by atoms with van der Waals surface area (Å²) in [4.78, 5) is 41.3. The van der Waals surface area contributed by atoms with Gasteiger partial charge < -0.3 is 10.6 Å². The molecular weight excluding hydrogens is 502 g/mol. The van der Waals surface area contributed by atoms with Crippen molar-refractivity contribution < 1.29 is 22.8 Å². The molecule has 0 saturated carbocycles. The van der Waals surface area contributed by atoms with Crippen LogP contribution in [-0.4, -0.2) is 68.2 Å². The third-order valence-corrected chi connectivity index (χ3v) is 9.59. The number of nitrogens with one attached hydrogen (secondary N) is 3. The third kappa shape index (κ3) is 5.31. The molecule has 2 aliphatic rings. The van der Waals surface area contributed by atoms with E-state index in [1.54, 1.807) is 0 Å². The highest BCUT2D eigenvalue weighted by Gasteiger charge is 2.31. The zero-order chi connectivity index (χ0) is 26.0. The van der Waals surface area contributed by atoms with Gasteiger partial charge in [0.2, 0.25) is 10.0 Å². The van der Waals surface area contributed by atoms with Crippen LogP contribution >= 0.6 is 11.3 Å². The molecule has 194 valence electrons. The maximum Gasteiger partial charge on any atom is 0.321 e. The molecule has 0 aliphatic carbocycles. The number of thiophene rings is 1. The number of imide groups is 1. The number of amides is 4. The standard InChI is InChI=1S/C24H31N5O5S2/c1-15(2)28-13-10-18-19(14-28)35-23(20(18)22(31)27-24(32)25-3)26-21(30)16-6-8-17(9-7-16)36(33,34)29-11-4-5-12-29/h6-9,15H,4-5,10-14H2,1-3H3,(H,26,30)(H2,25,27,31,32). The Morgan fingerprint density at radius 1 is 1.00 bits per heavy atom.